The van der Waals surface area contributed by atoms with E-state index in [4.69, 9.17) is 5.73 Å². The first-order chi connectivity index (χ1) is 17.4. The van der Waals surface area contributed by atoms with Gasteiger partial charge in [-0.3, -0.25) is 4.79 Å². The molecule has 2 aliphatic rings. The monoisotopic (exact) mass is 508 g/mol. The van der Waals surface area contributed by atoms with E-state index < -0.39 is 15.9 Å². The van der Waals surface area contributed by atoms with Crippen molar-refractivity contribution in [2.45, 2.75) is 64.0 Å². The van der Waals surface area contributed by atoms with Crippen molar-refractivity contribution in [2.24, 2.45) is 5.73 Å². The second kappa shape index (κ2) is 10.4. The summed E-state index contributed by atoms with van der Waals surface area (Å²) in [5, 5.41) is 4.65. The molecule has 0 atom stereocenters. The number of carbonyl (C=O) groups excluding carboxylic acids is 1. The third kappa shape index (κ3) is 5.08. The molecular formula is C28H36N4O3S. The average molecular weight is 509 g/mol. The molecule has 5 rings (SSSR count). The zero-order valence-corrected chi connectivity index (χ0v) is 21.7. The van der Waals surface area contributed by atoms with Crippen LogP contribution in [0.4, 0.5) is 0 Å². The number of aromatic amines is 1. The first-order valence-electron chi connectivity index (χ1n) is 13.1. The molecular weight excluding hydrogens is 472 g/mol. The van der Waals surface area contributed by atoms with E-state index in [2.05, 4.69) is 40.6 Å². The van der Waals surface area contributed by atoms with E-state index in [1.54, 1.807) is 11.2 Å². The van der Waals surface area contributed by atoms with Crippen molar-refractivity contribution in [1.29, 1.82) is 0 Å². The Hall–Kier alpha value is -2.68. The van der Waals surface area contributed by atoms with Crippen LogP contribution in [0, 0.1) is 0 Å². The summed E-state index contributed by atoms with van der Waals surface area (Å²) >= 11 is 0. The van der Waals surface area contributed by atoms with Crippen LogP contribution in [0.25, 0.3) is 22.0 Å². The van der Waals surface area contributed by atoms with Crippen molar-refractivity contribution in [2.75, 3.05) is 18.8 Å². The smallest absolute Gasteiger partial charge is 0.250 e. The van der Waals surface area contributed by atoms with Gasteiger partial charge < -0.3 is 16.0 Å². The number of nitrogens with zero attached hydrogens (tertiary/aromatic N) is 1. The maximum absolute atomic E-state index is 12.4. The molecule has 0 bridgehead atoms. The number of benzene rings is 2. The van der Waals surface area contributed by atoms with E-state index in [1.165, 1.54) is 31.2 Å². The van der Waals surface area contributed by atoms with Crippen LogP contribution in [0.3, 0.4) is 0 Å². The van der Waals surface area contributed by atoms with Gasteiger partial charge in [0.2, 0.25) is 10.0 Å². The molecule has 0 radical (unpaired) electrons. The lowest BCUT2D eigenvalue weighted by molar-refractivity contribution is 0.100. The number of amides is 1. The molecule has 192 valence electrons. The first-order valence-corrected chi connectivity index (χ1v) is 14.7. The maximum Gasteiger partial charge on any atom is 0.250 e. The van der Waals surface area contributed by atoms with Crippen LogP contribution in [-0.4, -0.2) is 48.5 Å². The number of hydrogen-bond donors (Lipinski definition) is 3. The lowest BCUT2D eigenvalue weighted by Gasteiger charge is -2.31. The second-order valence-corrected chi connectivity index (χ2v) is 12.4. The summed E-state index contributed by atoms with van der Waals surface area (Å²) in [7, 11) is -3.17. The van der Waals surface area contributed by atoms with E-state index in [-0.39, 0.29) is 11.7 Å². The molecule has 1 aliphatic heterocycles. The number of nitrogens with two attached hydrogens (primary N) is 1. The van der Waals surface area contributed by atoms with E-state index >= 15 is 0 Å². The minimum atomic E-state index is -3.17. The summed E-state index contributed by atoms with van der Waals surface area (Å²) in [4.78, 5) is 15.6. The highest BCUT2D eigenvalue weighted by Gasteiger charge is 2.29. The molecule has 0 unspecified atom stereocenters. The minimum absolute atomic E-state index is 0.130. The van der Waals surface area contributed by atoms with Crippen LogP contribution in [0.1, 0.15) is 72.9 Å². The predicted octanol–water partition coefficient (Wildman–Crippen LogP) is 4.50. The van der Waals surface area contributed by atoms with Crippen LogP contribution < -0.4 is 11.1 Å². The molecule has 2 aromatic carbocycles. The number of primary amides is 1. The lowest BCUT2D eigenvalue weighted by atomic mass is 9.88. The molecule has 7 nitrogen and oxygen atoms in total. The van der Waals surface area contributed by atoms with Crippen molar-refractivity contribution < 1.29 is 13.2 Å². The third-order valence-electron chi connectivity index (χ3n) is 7.98. The van der Waals surface area contributed by atoms with Gasteiger partial charge in [0.25, 0.3) is 5.91 Å². The van der Waals surface area contributed by atoms with Gasteiger partial charge in [-0.1, -0.05) is 37.1 Å². The molecule has 3 aromatic rings. The number of H-pyrrole nitrogens is 1. The Kier molecular flexibility index (Phi) is 7.19. The third-order valence-corrected chi connectivity index (χ3v) is 9.86. The van der Waals surface area contributed by atoms with E-state index in [9.17, 15) is 13.2 Å². The molecule has 8 heteroatoms. The van der Waals surface area contributed by atoms with Crippen LogP contribution in [-0.2, 0) is 16.6 Å². The van der Waals surface area contributed by atoms with Gasteiger partial charge in [0, 0.05) is 37.3 Å². The van der Waals surface area contributed by atoms with Crippen molar-refractivity contribution in [3.8, 4) is 11.1 Å². The largest absolute Gasteiger partial charge is 0.366 e. The molecule has 2 heterocycles. The molecule has 1 saturated heterocycles. The summed E-state index contributed by atoms with van der Waals surface area (Å²) < 4.78 is 26.2. The van der Waals surface area contributed by atoms with Gasteiger partial charge in [0.15, 0.2) is 0 Å². The van der Waals surface area contributed by atoms with Gasteiger partial charge in [-0.15, -0.1) is 0 Å². The standard InChI is InChI=1S/C28H36N4O3S/c1-2-36(34,35)32-13-11-21(12-14-32)26-18-31-27-24(26)15-22(16-25(27)28(29)33)20-9-7-19(8-10-20)17-30-23-5-3-4-6-23/h7-10,15-16,18,21,23,30-31H,2-6,11-14,17H2,1H3,(H2,29,33). The Morgan fingerprint density at radius 3 is 2.39 bits per heavy atom. The Balaban J connectivity index is 1.40. The van der Waals surface area contributed by atoms with E-state index in [0.29, 0.717) is 24.7 Å². The van der Waals surface area contributed by atoms with E-state index in [0.717, 1.165) is 47.0 Å². The quantitative estimate of drug-likeness (QED) is 0.416. The van der Waals surface area contributed by atoms with Crippen LogP contribution >= 0.6 is 0 Å². The Labute approximate surface area is 213 Å². The Morgan fingerprint density at radius 2 is 1.75 bits per heavy atom. The number of rotatable bonds is 8. The highest BCUT2D eigenvalue weighted by atomic mass is 32.2. The van der Waals surface area contributed by atoms with Gasteiger partial charge in [-0.25, -0.2) is 12.7 Å². The summed E-state index contributed by atoms with van der Waals surface area (Å²) in [6.07, 6.45) is 8.64. The average Bonchev–Trinajstić information content (AvgIpc) is 3.57. The number of carbonyl (C=O) groups is 1. The fourth-order valence-electron chi connectivity index (χ4n) is 5.79. The highest BCUT2D eigenvalue weighted by Crippen LogP contribution is 2.37. The number of nitrogens with one attached hydrogen (secondary N) is 2. The van der Waals surface area contributed by atoms with Gasteiger partial charge in [-0.05, 0) is 72.9 Å². The normalized spacial score (nSPS) is 18.2. The zero-order chi connectivity index (χ0) is 25.3. The van der Waals surface area contributed by atoms with Crippen LogP contribution in [0.2, 0.25) is 0 Å². The number of fused-ring (bicyclic) bond motifs is 1. The summed E-state index contributed by atoms with van der Waals surface area (Å²) in [6.45, 7) is 3.59. The van der Waals surface area contributed by atoms with Crippen LogP contribution in [0.5, 0.6) is 0 Å². The topological polar surface area (TPSA) is 108 Å². The maximum atomic E-state index is 12.4. The Bertz CT molecular complexity index is 1330. The zero-order valence-electron chi connectivity index (χ0n) is 20.9. The van der Waals surface area contributed by atoms with Gasteiger partial charge in [0.05, 0.1) is 16.8 Å². The number of hydrogen-bond acceptors (Lipinski definition) is 4. The SMILES string of the molecule is CCS(=O)(=O)N1CCC(c2c[nH]c3c(C(N)=O)cc(-c4ccc(CNC5CCCC5)cc4)cc23)CC1. The van der Waals surface area contributed by atoms with Gasteiger partial charge in [0.1, 0.15) is 0 Å². The van der Waals surface area contributed by atoms with Crippen molar-refractivity contribution >= 4 is 26.8 Å². The number of piperidine rings is 1. The van der Waals surface area contributed by atoms with Crippen LogP contribution in [0.15, 0.2) is 42.6 Å². The fraction of sp³-hybridized carbons (Fsp3) is 0.464. The molecule has 4 N–H and O–H groups in total. The van der Waals surface area contributed by atoms with Crippen molar-refractivity contribution in [1.82, 2.24) is 14.6 Å². The predicted molar refractivity (Wildman–Crippen MR) is 144 cm³/mol. The highest BCUT2D eigenvalue weighted by molar-refractivity contribution is 7.89. The van der Waals surface area contributed by atoms with Crippen molar-refractivity contribution in [3.05, 3.63) is 59.3 Å². The van der Waals surface area contributed by atoms with E-state index in [1.807, 2.05) is 12.3 Å². The van der Waals surface area contributed by atoms with Gasteiger partial charge >= 0.3 is 0 Å². The molecule has 0 spiro atoms. The summed E-state index contributed by atoms with van der Waals surface area (Å²) in [6, 6.07) is 13.1. The second-order valence-electron chi connectivity index (χ2n) is 10.2. The van der Waals surface area contributed by atoms with Gasteiger partial charge in [-0.2, -0.15) is 0 Å². The number of aromatic nitrogens is 1. The molecule has 1 aromatic heterocycles. The molecule has 1 amide bonds. The fourth-order valence-corrected chi connectivity index (χ4v) is 6.92. The summed E-state index contributed by atoms with van der Waals surface area (Å²) in [5.74, 6) is -0.107. The molecule has 1 saturated carbocycles. The van der Waals surface area contributed by atoms with Crippen molar-refractivity contribution in [3.63, 3.8) is 0 Å². The minimum Gasteiger partial charge on any atom is -0.366 e. The molecule has 2 fully saturated rings. The molecule has 1 aliphatic carbocycles. The number of sulfonamides is 1. The summed E-state index contributed by atoms with van der Waals surface area (Å²) in [5.41, 5.74) is 11.4. The first kappa shape index (κ1) is 25.0. The molecule has 36 heavy (non-hydrogen) atoms. The lowest BCUT2D eigenvalue weighted by Crippen LogP contribution is -2.38. The Morgan fingerprint density at radius 1 is 1.06 bits per heavy atom.